The van der Waals surface area contributed by atoms with Gasteiger partial charge in [-0.3, -0.25) is 0 Å². The normalized spacial score (nSPS) is 9.50. The zero-order valence-corrected chi connectivity index (χ0v) is 11.0. The molecule has 0 aliphatic heterocycles. The van der Waals surface area contributed by atoms with E-state index in [1.807, 2.05) is 0 Å². The largest absolute Gasteiger partial charge is 0.344 e. The maximum atomic E-state index is 5.19. The SMILES string of the molecule is C#CCCCCCCCCCCCC[CH2].N. The Morgan fingerprint density at radius 3 is 1.44 bits per heavy atom. The van der Waals surface area contributed by atoms with Crippen molar-refractivity contribution in [3.63, 3.8) is 0 Å². The van der Waals surface area contributed by atoms with Crippen LogP contribution in [0.15, 0.2) is 0 Å². The average Bonchev–Trinajstić information content (AvgIpc) is 2.26. The van der Waals surface area contributed by atoms with Gasteiger partial charge in [0, 0.05) is 6.42 Å². The minimum atomic E-state index is 0. The van der Waals surface area contributed by atoms with Gasteiger partial charge in [-0.05, 0) is 6.42 Å². The second-order valence-electron chi connectivity index (χ2n) is 4.34. The third-order valence-electron chi connectivity index (χ3n) is 2.82. The molecular weight excluding hydrogens is 194 g/mol. The van der Waals surface area contributed by atoms with Crippen molar-refractivity contribution in [3.8, 4) is 12.3 Å². The first-order valence-electron chi connectivity index (χ1n) is 6.64. The molecular formula is C15H30N. The Balaban J connectivity index is 0. The maximum absolute atomic E-state index is 5.19. The minimum absolute atomic E-state index is 0. The third kappa shape index (κ3) is 16.0. The van der Waals surface area contributed by atoms with Crippen LogP contribution in [0.4, 0.5) is 0 Å². The van der Waals surface area contributed by atoms with Gasteiger partial charge in [0.2, 0.25) is 0 Å². The van der Waals surface area contributed by atoms with E-state index in [2.05, 4.69) is 12.8 Å². The van der Waals surface area contributed by atoms with Crippen LogP contribution in [0, 0.1) is 19.3 Å². The molecule has 0 aromatic rings. The first-order valence-corrected chi connectivity index (χ1v) is 6.64. The van der Waals surface area contributed by atoms with Gasteiger partial charge in [0.25, 0.3) is 0 Å². The molecule has 95 valence electrons. The van der Waals surface area contributed by atoms with Crippen LogP contribution in [0.2, 0.25) is 0 Å². The predicted octanol–water partition coefficient (Wildman–Crippen LogP) is 5.30. The van der Waals surface area contributed by atoms with Gasteiger partial charge in [0.1, 0.15) is 0 Å². The summed E-state index contributed by atoms with van der Waals surface area (Å²) in [5.74, 6) is 2.69. The van der Waals surface area contributed by atoms with Crippen LogP contribution in [0.1, 0.15) is 77.0 Å². The maximum Gasteiger partial charge on any atom is 0.00860 e. The summed E-state index contributed by atoms with van der Waals surface area (Å²) in [4.78, 5) is 0. The van der Waals surface area contributed by atoms with Gasteiger partial charge < -0.3 is 6.15 Å². The zero-order chi connectivity index (χ0) is 11.2. The highest BCUT2D eigenvalue weighted by atomic mass is 14.0. The monoisotopic (exact) mass is 224 g/mol. The Labute approximate surface area is 103 Å². The van der Waals surface area contributed by atoms with Crippen molar-refractivity contribution in [2.75, 3.05) is 0 Å². The Morgan fingerprint density at radius 2 is 1.06 bits per heavy atom. The molecule has 0 unspecified atom stereocenters. The molecule has 0 atom stereocenters. The molecule has 3 N–H and O–H groups in total. The molecule has 1 nitrogen and oxygen atoms in total. The summed E-state index contributed by atoms with van der Waals surface area (Å²) >= 11 is 0. The second kappa shape index (κ2) is 16.9. The minimum Gasteiger partial charge on any atom is -0.344 e. The lowest BCUT2D eigenvalue weighted by Crippen LogP contribution is -1.81. The zero-order valence-electron chi connectivity index (χ0n) is 11.0. The van der Waals surface area contributed by atoms with E-state index in [1.165, 1.54) is 64.2 Å². The molecule has 1 radical (unpaired) electrons. The molecule has 0 aliphatic carbocycles. The Kier molecular flexibility index (Phi) is 18.9. The van der Waals surface area contributed by atoms with E-state index < -0.39 is 0 Å². The van der Waals surface area contributed by atoms with Crippen molar-refractivity contribution < 1.29 is 0 Å². The van der Waals surface area contributed by atoms with Crippen molar-refractivity contribution in [2.45, 2.75) is 77.0 Å². The highest BCUT2D eigenvalue weighted by Crippen LogP contribution is 2.11. The van der Waals surface area contributed by atoms with Gasteiger partial charge in [-0.1, -0.05) is 71.1 Å². The molecule has 0 aromatic carbocycles. The van der Waals surface area contributed by atoms with Gasteiger partial charge in [0.15, 0.2) is 0 Å². The molecule has 1 heteroatoms. The highest BCUT2D eigenvalue weighted by molar-refractivity contribution is 4.82. The fraction of sp³-hybridized carbons (Fsp3) is 0.800. The molecule has 16 heavy (non-hydrogen) atoms. The molecule has 0 bridgehead atoms. The number of rotatable bonds is 11. The molecule has 0 aliphatic rings. The van der Waals surface area contributed by atoms with Crippen LogP contribution in [-0.2, 0) is 0 Å². The van der Waals surface area contributed by atoms with Gasteiger partial charge in [-0.25, -0.2) is 0 Å². The van der Waals surface area contributed by atoms with Crippen molar-refractivity contribution >= 4 is 0 Å². The van der Waals surface area contributed by atoms with Gasteiger partial charge in [-0.2, -0.15) is 0 Å². The first kappa shape index (κ1) is 17.9. The summed E-state index contributed by atoms with van der Waals surface area (Å²) in [5.41, 5.74) is 0. The third-order valence-corrected chi connectivity index (χ3v) is 2.82. The Bertz CT molecular complexity index is 146. The highest BCUT2D eigenvalue weighted by Gasteiger charge is 1.92. The summed E-state index contributed by atoms with van der Waals surface area (Å²) < 4.78 is 0. The smallest absolute Gasteiger partial charge is 0.00860 e. The molecule has 0 spiro atoms. The molecule has 0 aromatic heterocycles. The quantitative estimate of drug-likeness (QED) is 0.375. The summed E-state index contributed by atoms with van der Waals surface area (Å²) in [6.07, 6.45) is 21.0. The van der Waals surface area contributed by atoms with Crippen molar-refractivity contribution in [3.05, 3.63) is 6.92 Å². The van der Waals surface area contributed by atoms with E-state index >= 15 is 0 Å². The summed E-state index contributed by atoms with van der Waals surface area (Å²) in [7, 11) is 0. The molecule has 0 rings (SSSR count). The van der Waals surface area contributed by atoms with Crippen LogP contribution in [0.25, 0.3) is 0 Å². The lowest BCUT2D eigenvalue weighted by molar-refractivity contribution is 0.554. The van der Waals surface area contributed by atoms with Crippen molar-refractivity contribution in [1.82, 2.24) is 6.15 Å². The van der Waals surface area contributed by atoms with Gasteiger partial charge >= 0.3 is 0 Å². The van der Waals surface area contributed by atoms with Crippen LogP contribution >= 0.6 is 0 Å². The number of hydrogen-bond acceptors (Lipinski definition) is 1. The van der Waals surface area contributed by atoms with E-state index in [4.69, 9.17) is 6.42 Å². The molecule has 0 fully saturated rings. The van der Waals surface area contributed by atoms with E-state index in [0.29, 0.717) is 0 Å². The first-order chi connectivity index (χ1) is 7.41. The standard InChI is InChI=1S/C15H27.H3N/c1-3-5-7-9-11-13-15-14-12-10-8-6-4-2;/h1H,2,4-15H2;1H3. The van der Waals surface area contributed by atoms with E-state index in [-0.39, 0.29) is 6.15 Å². The predicted molar refractivity (Wildman–Crippen MR) is 74.6 cm³/mol. The van der Waals surface area contributed by atoms with Crippen LogP contribution < -0.4 is 6.15 Å². The lowest BCUT2D eigenvalue weighted by Gasteiger charge is -2.01. The van der Waals surface area contributed by atoms with Crippen LogP contribution in [-0.4, -0.2) is 0 Å². The molecule has 0 amide bonds. The fourth-order valence-electron chi connectivity index (χ4n) is 1.82. The number of terminal acetylenes is 1. The average molecular weight is 224 g/mol. The molecule has 0 saturated carbocycles. The Morgan fingerprint density at radius 1 is 0.688 bits per heavy atom. The Hall–Kier alpha value is -0.480. The van der Waals surface area contributed by atoms with E-state index in [9.17, 15) is 0 Å². The van der Waals surface area contributed by atoms with Gasteiger partial charge in [0.05, 0.1) is 0 Å². The van der Waals surface area contributed by atoms with Crippen LogP contribution in [0.5, 0.6) is 0 Å². The summed E-state index contributed by atoms with van der Waals surface area (Å²) in [6.45, 7) is 3.85. The number of unbranched alkanes of at least 4 members (excludes halogenated alkanes) is 11. The topological polar surface area (TPSA) is 35.0 Å². The second-order valence-corrected chi connectivity index (χ2v) is 4.34. The fourth-order valence-corrected chi connectivity index (χ4v) is 1.82. The van der Waals surface area contributed by atoms with Crippen LogP contribution in [0.3, 0.4) is 0 Å². The van der Waals surface area contributed by atoms with Crippen molar-refractivity contribution in [2.24, 2.45) is 0 Å². The summed E-state index contributed by atoms with van der Waals surface area (Å²) in [6, 6.07) is 0. The molecule has 0 heterocycles. The summed E-state index contributed by atoms with van der Waals surface area (Å²) in [5, 5.41) is 0. The van der Waals surface area contributed by atoms with E-state index in [1.54, 1.807) is 0 Å². The van der Waals surface area contributed by atoms with Gasteiger partial charge in [-0.15, -0.1) is 12.3 Å². The van der Waals surface area contributed by atoms with Crippen molar-refractivity contribution in [1.29, 1.82) is 0 Å². The number of hydrogen-bond donors (Lipinski definition) is 1. The van der Waals surface area contributed by atoms with E-state index in [0.717, 1.165) is 12.8 Å². The lowest BCUT2D eigenvalue weighted by atomic mass is 10.1. The molecule has 0 saturated heterocycles.